The number of carbonyl (C=O) groups is 2. The lowest BCUT2D eigenvalue weighted by molar-refractivity contribution is -0.143. The molecule has 2 atom stereocenters. The first kappa shape index (κ1) is 63.1. The van der Waals surface area contributed by atoms with E-state index in [2.05, 4.69) is 55.6 Å². The molecule has 1 amide bonds. The van der Waals surface area contributed by atoms with Gasteiger partial charge < -0.3 is 20.3 Å². The number of allylic oxidation sites excluding steroid dienone is 6. The Kier molecular flexibility index (Phi) is 53.1. The van der Waals surface area contributed by atoms with E-state index in [1.54, 1.807) is 0 Å². The van der Waals surface area contributed by atoms with E-state index >= 15 is 0 Å². The normalized spacial score (nSPS) is 12.9. The lowest BCUT2D eigenvalue weighted by Crippen LogP contribution is -2.45. The topological polar surface area (TPSA) is 95.9 Å². The summed E-state index contributed by atoms with van der Waals surface area (Å²) in [6.45, 7) is 4.92. The van der Waals surface area contributed by atoms with E-state index in [0.717, 1.165) is 57.8 Å². The van der Waals surface area contributed by atoms with Gasteiger partial charge in [-0.2, -0.15) is 0 Å². The summed E-state index contributed by atoms with van der Waals surface area (Å²) in [5, 5.41) is 23.2. The fraction of sp³-hybridized carbons (Fsp3) is 0.864. The Balaban J connectivity index is 3.45. The van der Waals surface area contributed by atoms with E-state index in [4.69, 9.17) is 4.74 Å². The van der Waals surface area contributed by atoms with Crippen LogP contribution >= 0.6 is 0 Å². The van der Waals surface area contributed by atoms with Crippen LogP contribution < -0.4 is 5.32 Å². The SMILES string of the molecule is CCCCCC/C=C\CCCCCCCC(=O)OCCCCCCCCCCC/C=C\C/C=C\CCCCCCCCCC(=O)NC(CO)C(O)CCCCCCCCCCCCCC. The van der Waals surface area contributed by atoms with Crippen LogP contribution in [0.3, 0.4) is 0 Å². The number of aliphatic hydroxyl groups is 2. The number of nitrogens with one attached hydrogen (secondary N) is 1. The van der Waals surface area contributed by atoms with Crippen LogP contribution in [-0.2, 0) is 14.3 Å². The molecule has 2 unspecified atom stereocenters. The van der Waals surface area contributed by atoms with Crippen molar-refractivity contribution >= 4 is 11.9 Å². The molecule has 0 aliphatic rings. The quantitative estimate of drug-likeness (QED) is 0.0321. The lowest BCUT2D eigenvalue weighted by atomic mass is 10.0. The summed E-state index contributed by atoms with van der Waals surface area (Å²) in [5.74, 6) is -0.0486. The van der Waals surface area contributed by atoms with E-state index < -0.39 is 12.1 Å². The molecular weight excluding hydrogens is 803 g/mol. The van der Waals surface area contributed by atoms with Crippen molar-refractivity contribution in [3.05, 3.63) is 36.5 Å². The van der Waals surface area contributed by atoms with Crippen molar-refractivity contribution in [3.8, 4) is 0 Å². The predicted octanol–water partition coefficient (Wildman–Crippen LogP) is 17.6. The van der Waals surface area contributed by atoms with Crippen molar-refractivity contribution in [2.45, 2.75) is 315 Å². The Morgan fingerprint density at radius 1 is 0.431 bits per heavy atom. The first-order valence-electron chi connectivity index (χ1n) is 28.7. The number of amides is 1. The minimum Gasteiger partial charge on any atom is -0.466 e. The van der Waals surface area contributed by atoms with Crippen LogP contribution in [0.4, 0.5) is 0 Å². The molecule has 6 heteroatoms. The maximum Gasteiger partial charge on any atom is 0.305 e. The van der Waals surface area contributed by atoms with Gasteiger partial charge in [0, 0.05) is 12.8 Å². The van der Waals surface area contributed by atoms with Gasteiger partial charge in [0.1, 0.15) is 0 Å². The van der Waals surface area contributed by atoms with Crippen molar-refractivity contribution in [2.24, 2.45) is 0 Å². The molecule has 65 heavy (non-hydrogen) atoms. The molecule has 0 radical (unpaired) electrons. The number of ether oxygens (including phenoxy) is 1. The smallest absolute Gasteiger partial charge is 0.305 e. The number of esters is 1. The standard InChI is InChI=1S/C59H111NO5/c1-3-5-7-9-11-13-15-28-33-37-41-45-49-53-59(64)65-54-50-46-42-38-34-30-27-25-23-21-19-17-18-20-22-24-26-29-32-36-40-44-48-52-58(63)60-56(55-61)57(62)51-47-43-39-35-31-16-14-12-10-8-6-4-2/h13,15,17,19-20,22,56-57,61-62H,3-12,14,16,18,21,23-55H2,1-2H3,(H,60,63)/b15-13-,19-17-,22-20-. The van der Waals surface area contributed by atoms with Crippen LogP contribution in [0.15, 0.2) is 36.5 Å². The van der Waals surface area contributed by atoms with Gasteiger partial charge in [0.05, 0.1) is 25.4 Å². The Morgan fingerprint density at radius 3 is 1.20 bits per heavy atom. The fourth-order valence-corrected chi connectivity index (χ4v) is 8.72. The van der Waals surface area contributed by atoms with Crippen molar-refractivity contribution in [1.82, 2.24) is 5.32 Å². The van der Waals surface area contributed by atoms with E-state index in [-0.39, 0.29) is 18.5 Å². The average molecular weight is 915 g/mol. The van der Waals surface area contributed by atoms with Gasteiger partial charge in [-0.15, -0.1) is 0 Å². The molecule has 0 spiro atoms. The summed E-state index contributed by atoms with van der Waals surface area (Å²) in [6.07, 6.45) is 67.1. The molecule has 0 bridgehead atoms. The van der Waals surface area contributed by atoms with Gasteiger partial charge in [0.15, 0.2) is 0 Å². The molecule has 0 saturated heterocycles. The summed E-state index contributed by atoms with van der Waals surface area (Å²) in [5.41, 5.74) is 0. The third kappa shape index (κ3) is 51.3. The summed E-state index contributed by atoms with van der Waals surface area (Å²) in [7, 11) is 0. The Labute approximate surface area is 404 Å². The summed E-state index contributed by atoms with van der Waals surface area (Å²) < 4.78 is 5.46. The van der Waals surface area contributed by atoms with E-state index in [1.807, 2.05) is 0 Å². The molecule has 6 nitrogen and oxygen atoms in total. The predicted molar refractivity (Wildman–Crippen MR) is 283 cm³/mol. The minimum absolute atomic E-state index is 0.00254. The zero-order chi connectivity index (χ0) is 47.2. The Morgan fingerprint density at radius 2 is 0.769 bits per heavy atom. The lowest BCUT2D eigenvalue weighted by Gasteiger charge is -2.22. The molecule has 0 heterocycles. The van der Waals surface area contributed by atoms with Gasteiger partial charge in [-0.1, -0.05) is 243 Å². The van der Waals surface area contributed by atoms with Crippen LogP contribution in [-0.4, -0.2) is 47.4 Å². The minimum atomic E-state index is -0.670. The zero-order valence-corrected chi connectivity index (χ0v) is 43.5. The van der Waals surface area contributed by atoms with Crippen molar-refractivity contribution in [1.29, 1.82) is 0 Å². The number of hydrogen-bond donors (Lipinski definition) is 3. The van der Waals surface area contributed by atoms with Gasteiger partial charge >= 0.3 is 5.97 Å². The molecule has 0 aromatic heterocycles. The second kappa shape index (κ2) is 54.7. The molecule has 0 rings (SSSR count). The second-order valence-electron chi connectivity index (χ2n) is 19.6. The highest BCUT2D eigenvalue weighted by molar-refractivity contribution is 5.76. The molecular formula is C59H111NO5. The molecule has 0 fully saturated rings. The molecule has 0 aromatic carbocycles. The molecule has 0 aromatic rings. The highest BCUT2D eigenvalue weighted by Gasteiger charge is 2.20. The molecule has 3 N–H and O–H groups in total. The number of hydrogen-bond acceptors (Lipinski definition) is 5. The first-order valence-corrected chi connectivity index (χ1v) is 28.7. The monoisotopic (exact) mass is 914 g/mol. The van der Waals surface area contributed by atoms with Crippen LogP contribution in [0.25, 0.3) is 0 Å². The number of unbranched alkanes of at least 4 members (excludes halogenated alkanes) is 36. The summed E-state index contributed by atoms with van der Waals surface area (Å²) >= 11 is 0. The van der Waals surface area contributed by atoms with Gasteiger partial charge in [0.2, 0.25) is 5.91 Å². The number of aliphatic hydroxyl groups excluding tert-OH is 2. The summed E-state index contributed by atoms with van der Waals surface area (Å²) in [6, 6.07) is -0.548. The number of rotatable bonds is 53. The van der Waals surface area contributed by atoms with Gasteiger partial charge in [-0.25, -0.2) is 0 Å². The van der Waals surface area contributed by atoms with E-state index in [0.29, 0.717) is 25.9 Å². The fourth-order valence-electron chi connectivity index (χ4n) is 8.72. The van der Waals surface area contributed by atoms with Gasteiger partial charge in [0.25, 0.3) is 0 Å². The van der Waals surface area contributed by atoms with E-state index in [9.17, 15) is 19.8 Å². The van der Waals surface area contributed by atoms with E-state index in [1.165, 1.54) is 212 Å². The highest BCUT2D eigenvalue weighted by Crippen LogP contribution is 2.16. The zero-order valence-electron chi connectivity index (χ0n) is 43.5. The molecule has 0 saturated carbocycles. The highest BCUT2D eigenvalue weighted by atomic mass is 16.5. The van der Waals surface area contributed by atoms with Crippen molar-refractivity contribution < 1.29 is 24.5 Å². The number of carbonyl (C=O) groups excluding carboxylic acids is 2. The average Bonchev–Trinajstić information content (AvgIpc) is 3.31. The third-order valence-corrected chi connectivity index (χ3v) is 13.2. The largest absolute Gasteiger partial charge is 0.466 e. The van der Waals surface area contributed by atoms with Crippen LogP contribution in [0.5, 0.6) is 0 Å². The third-order valence-electron chi connectivity index (χ3n) is 13.2. The maximum atomic E-state index is 12.4. The molecule has 0 aliphatic carbocycles. The second-order valence-corrected chi connectivity index (χ2v) is 19.6. The van der Waals surface area contributed by atoms with Crippen molar-refractivity contribution in [3.63, 3.8) is 0 Å². The van der Waals surface area contributed by atoms with Crippen molar-refractivity contribution in [2.75, 3.05) is 13.2 Å². The van der Waals surface area contributed by atoms with Crippen LogP contribution in [0.1, 0.15) is 303 Å². The molecule has 0 aliphatic heterocycles. The maximum absolute atomic E-state index is 12.4. The van der Waals surface area contributed by atoms with Crippen LogP contribution in [0, 0.1) is 0 Å². The van der Waals surface area contributed by atoms with Gasteiger partial charge in [-0.05, 0) is 83.5 Å². The first-order chi connectivity index (χ1) is 32.0. The Bertz CT molecular complexity index is 1060. The van der Waals surface area contributed by atoms with Crippen LogP contribution in [0.2, 0.25) is 0 Å². The summed E-state index contributed by atoms with van der Waals surface area (Å²) in [4.78, 5) is 24.4. The van der Waals surface area contributed by atoms with Gasteiger partial charge in [-0.3, -0.25) is 9.59 Å². The Hall–Kier alpha value is -1.92. The molecule has 382 valence electrons.